The number of hydrogen-bond donors (Lipinski definition) is 0. The third-order valence-electron chi connectivity index (χ3n) is 5.33. The fourth-order valence-corrected chi connectivity index (χ4v) is 3.76. The molecule has 174 valence electrons. The minimum atomic E-state index is -4.45. The Labute approximate surface area is 192 Å². The molecule has 0 atom stereocenters. The Morgan fingerprint density at radius 2 is 1.91 bits per heavy atom. The van der Waals surface area contributed by atoms with Gasteiger partial charge < -0.3 is 14.2 Å². The van der Waals surface area contributed by atoms with Crippen LogP contribution in [-0.4, -0.2) is 59.1 Å². The molecule has 4 rings (SSSR count). The molecule has 1 aliphatic rings. The number of amides is 1. The molecule has 0 spiro atoms. The van der Waals surface area contributed by atoms with E-state index in [0.717, 1.165) is 12.1 Å². The lowest BCUT2D eigenvalue weighted by atomic mass is 10.1. The lowest BCUT2D eigenvalue weighted by Gasteiger charge is -2.34. The van der Waals surface area contributed by atoms with Crippen molar-refractivity contribution in [1.29, 1.82) is 0 Å². The van der Waals surface area contributed by atoms with Gasteiger partial charge in [0, 0.05) is 36.8 Å². The maximum atomic E-state index is 12.9. The van der Waals surface area contributed by atoms with Crippen molar-refractivity contribution in [2.24, 2.45) is 0 Å². The number of piperazine rings is 1. The summed E-state index contributed by atoms with van der Waals surface area (Å²) < 4.78 is 49.3. The van der Waals surface area contributed by atoms with Gasteiger partial charge in [0.2, 0.25) is 11.7 Å². The molecule has 0 bridgehead atoms. The van der Waals surface area contributed by atoms with Crippen LogP contribution in [-0.2, 0) is 12.7 Å². The van der Waals surface area contributed by atoms with Crippen LogP contribution in [0.2, 0.25) is 5.02 Å². The first-order chi connectivity index (χ1) is 15.7. The zero-order valence-electron chi connectivity index (χ0n) is 17.6. The molecule has 0 aliphatic carbocycles. The highest BCUT2D eigenvalue weighted by Crippen LogP contribution is 2.31. The van der Waals surface area contributed by atoms with Gasteiger partial charge in [-0.3, -0.25) is 9.69 Å². The molecule has 1 amide bonds. The van der Waals surface area contributed by atoms with E-state index >= 15 is 0 Å². The van der Waals surface area contributed by atoms with E-state index in [1.54, 1.807) is 23.1 Å². The maximum absolute atomic E-state index is 12.9. The van der Waals surface area contributed by atoms with Gasteiger partial charge >= 0.3 is 6.18 Å². The standard InChI is InChI=1S/C22H20ClF3N4O3/c1-32-18-6-5-16(23)12-17(18)21(31)30-9-7-29(8-10-30)13-19-27-20(28-33-19)14-3-2-4-15(11-14)22(24,25)26/h2-6,11-12H,7-10,13H2,1H3. The number of nitrogens with zero attached hydrogens (tertiary/aromatic N) is 4. The molecule has 11 heteroatoms. The zero-order chi connectivity index (χ0) is 23.6. The molecule has 0 saturated carbocycles. The van der Waals surface area contributed by atoms with E-state index in [-0.39, 0.29) is 17.3 Å². The van der Waals surface area contributed by atoms with E-state index in [0.29, 0.717) is 55.0 Å². The fraction of sp³-hybridized carbons (Fsp3) is 0.318. The predicted molar refractivity (Wildman–Crippen MR) is 114 cm³/mol. The van der Waals surface area contributed by atoms with Gasteiger partial charge in [0.15, 0.2) is 0 Å². The SMILES string of the molecule is COc1ccc(Cl)cc1C(=O)N1CCN(Cc2nc(-c3cccc(C(F)(F)F)c3)no2)CC1. The van der Waals surface area contributed by atoms with Crippen LogP contribution in [0.15, 0.2) is 47.0 Å². The van der Waals surface area contributed by atoms with E-state index in [1.165, 1.54) is 19.2 Å². The van der Waals surface area contributed by atoms with E-state index < -0.39 is 11.7 Å². The molecule has 1 aliphatic heterocycles. The molecule has 1 aromatic heterocycles. The summed E-state index contributed by atoms with van der Waals surface area (Å²) in [6.07, 6.45) is -4.45. The maximum Gasteiger partial charge on any atom is 0.416 e. The second kappa shape index (κ2) is 9.40. The highest BCUT2D eigenvalue weighted by atomic mass is 35.5. The summed E-state index contributed by atoms with van der Waals surface area (Å²) in [5.74, 6) is 0.676. The van der Waals surface area contributed by atoms with Crippen molar-refractivity contribution >= 4 is 17.5 Å². The molecule has 2 aromatic carbocycles. The molecule has 2 heterocycles. The number of carbonyl (C=O) groups excluding carboxylic acids is 1. The summed E-state index contributed by atoms with van der Waals surface area (Å²) in [5, 5.41) is 4.26. The third kappa shape index (κ3) is 5.28. The predicted octanol–water partition coefficient (Wildman–Crippen LogP) is 4.38. The molecular weight excluding hydrogens is 461 g/mol. The van der Waals surface area contributed by atoms with Crippen LogP contribution in [0.4, 0.5) is 13.2 Å². The minimum Gasteiger partial charge on any atom is -0.496 e. The van der Waals surface area contributed by atoms with E-state index in [1.807, 2.05) is 4.90 Å². The highest BCUT2D eigenvalue weighted by Gasteiger charge is 2.31. The molecule has 0 N–H and O–H groups in total. The smallest absolute Gasteiger partial charge is 0.416 e. The summed E-state index contributed by atoms with van der Waals surface area (Å²) in [5.41, 5.74) is -0.143. The number of methoxy groups -OCH3 is 1. The van der Waals surface area contributed by atoms with Crippen LogP contribution in [0.5, 0.6) is 5.75 Å². The summed E-state index contributed by atoms with van der Waals surface area (Å²) in [6.45, 7) is 2.41. The summed E-state index contributed by atoms with van der Waals surface area (Å²) in [7, 11) is 1.50. The summed E-state index contributed by atoms with van der Waals surface area (Å²) >= 11 is 6.03. The molecule has 1 fully saturated rings. The van der Waals surface area contributed by atoms with Gasteiger partial charge in [0.25, 0.3) is 5.91 Å². The number of carbonyl (C=O) groups is 1. The second-order valence-electron chi connectivity index (χ2n) is 7.50. The first-order valence-corrected chi connectivity index (χ1v) is 10.5. The number of ether oxygens (including phenoxy) is 1. The number of aromatic nitrogens is 2. The Hall–Kier alpha value is -3.11. The van der Waals surface area contributed by atoms with Crippen molar-refractivity contribution < 1.29 is 27.2 Å². The molecule has 7 nitrogen and oxygen atoms in total. The van der Waals surface area contributed by atoms with Gasteiger partial charge in [-0.1, -0.05) is 28.9 Å². The molecule has 3 aromatic rings. The van der Waals surface area contributed by atoms with Crippen LogP contribution in [0.3, 0.4) is 0 Å². The van der Waals surface area contributed by atoms with Crippen LogP contribution in [0.25, 0.3) is 11.4 Å². The van der Waals surface area contributed by atoms with Crippen molar-refractivity contribution in [3.8, 4) is 17.1 Å². The molecule has 33 heavy (non-hydrogen) atoms. The first kappa shape index (κ1) is 23.1. The second-order valence-corrected chi connectivity index (χ2v) is 7.94. The van der Waals surface area contributed by atoms with Crippen LogP contribution < -0.4 is 4.74 Å². The van der Waals surface area contributed by atoms with Gasteiger partial charge in [-0.05, 0) is 30.3 Å². The number of benzene rings is 2. The average Bonchev–Trinajstić information content (AvgIpc) is 3.27. The van der Waals surface area contributed by atoms with Gasteiger partial charge in [-0.25, -0.2) is 0 Å². The van der Waals surface area contributed by atoms with Gasteiger partial charge in [-0.15, -0.1) is 0 Å². The molecular formula is C22H20ClF3N4O3. The van der Waals surface area contributed by atoms with Gasteiger partial charge in [0.05, 0.1) is 24.8 Å². The van der Waals surface area contributed by atoms with Crippen molar-refractivity contribution in [3.63, 3.8) is 0 Å². The number of alkyl halides is 3. The topological polar surface area (TPSA) is 71.7 Å². The van der Waals surface area contributed by atoms with Crippen LogP contribution >= 0.6 is 11.6 Å². The largest absolute Gasteiger partial charge is 0.496 e. The first-order valence-electron chi connectivity index (χ1n) is 10.1. The monoisotopic (exact) mass is 480 g/mol. The lowest BCUT2D eigenvalue weighted by Crippen LogP contribution is -2.48. The fourth-order valence-electron chi connectivity index (χ4n) is 3.59. The Morgan fingerprint density at radius 1 is 1.15 bits per heavy atom. The Kier molecular flexibility index (Phi) is 6.57. The van der Waals surface area contributed by atoms with E-state index in [4.69, 9.17) is 20.9 Å². The third-order valence-corrected chi connectivity index (χ3v) is 5.56. The van der Waals surface area contributed by atoms with Crippen molar-refractivity contribution in [1.82, 2.24) is 19.9 Å². The normalized spacial score (nSPS) is 15.0. The minimum absolute atomic E-state index is 0.0953. The molecule has 0 unspecified atom stereocenters. The number of halogens is 4. The highest BCUT2D eigenvalue weighted by molar-refractivity contribution is 6.31. The Morgan fingerprint density at radius 3 is 2.61 bits per heavy atom. The molecule has 0 radical (unpaired) electrons. The van der Waals surface area contributed by atoms with Gasteiger partial charge in [-0.2, -0.15) is 18.2 Å². The van der Waals surface area contributed by atoms with Crippen LogP contribution in [0, 0.1) is 0 Å². The van der Waals surface area contributed by atoms with E-state index in [2.05, 4.69) is 10.1 Å². The zero-order valence-corrected chi connectivity index (χ0v) is 18.4. The Balaban J connectivity index is 1.37. The molecule has 1 saturated heterocycles. The van der Waals surface area contributed by atoms with Gasteiger partial charge in [0.1, 0.15) is 5.75 Å². The Bertz CT molecular complexity index is 1140. The van der Waals surface area contributed by atoms with Crippen molar-refractivity contribution in [2.75, 3.05) is 33.3 Å². The lowest BCUT2D eigenvalue weighted by molar-refractivity contribution is -0.137. The summed E-state index contributed by atoms with van der Waals surface area (Å²) in [4.78, 5) is 20.9. The van der Waals surface area contributed by atoms with Crippen LogP contribution in [0.1, 0.15) is 21.8 Å². The quantitative estimate of drug-likeness (QED) is 0.540. The van der Waals surface area contributed by atoms with E-state index in [9.17, 15) is 18.0 Å². The van der Waals surface area contributed by atoms with Crippen molar-refractivity contribution in [3.05, 3.63) is 64.5 Å². The summed E-state index contributed by atoms with van der Waals surface area (Å²) in [6, 6.07) is 9.68. The average molecular weight is 481 g/mol. The number of hydrogen-bond acceptors (Lipinski definition) is 6. The number of rotatable bonds is 5. The van der Waals surface area contributed by atoms with Crippen molar-refractivity contribution in [2.45, 2.75) is 12.7 Å².